The van der Waals surface area contributed by atoms with Crippen LogP contribution in [-0.2, 0) is 14.8 Å². The van der Waals surface area contributed by atoms with Crippen LogP contribution in [0.1, 0.15) is 6.92 Å². The van der Waals surface area contributed by atoms with E-state index in [0.717, 1.165) is 0 Å². The van der Waals surface area contributed by atoms with Gasteiger partial charge in [-0.1, -0.05) is 12.1 Å². The molecule has 0 saturated heterocycles. The summed E-state index contributed by atoms with van der Waals surface area (Å²) < 4.78 is 35.8. The van der Waals surface area contributed by atoms with Crippen molar-refractivity contribution in [2.75, 3.05) is 37.9 Å². The number of nitrogen functional groups attached to an aromatic ring is 1. The molecule has 0 bridgehead atoms. The van der Waals surface area contributed by atoms with Gasteiger partial charge in [0.2, 0.25) is 10.0 Å². The third-order valence-corrected chi connectivity index (χ3v) is 3.65. The van der Waals surface area contributed by atoms with Crippen molar-refractivity contribution in [1.29, 1.82) is 0 Å². The maximum atomic E-state index is 11.5. The first-order valence-electron chi connectivity index (χ1n) is 6.07. The molecule has 0 aliphatic heterocycles. The van der Waals surface area contributed by atoms with Gasteiger partial charge in [0, 0.05) is 13.2 Å². The number of nitrogens with one attached hydrogen (secondary N) is 1. The Bertz CT molecular complexity index is 476. The maximum Gasteiger partial charge on any atom is 0.213 e. The second kappa shape index (κ2) is 7.98. The molecule has 0 saturated carbocycles. The molecule has 108 valence electrons. The first-order valence-corrected chi connectivity index (χ1v) is 7.73. The first kappa shape index (κ1) is 15.7. The monoisotopic (exact) mass is 288 g/mol. The van der Waals surface area contributed by atoms with Crippen LogP contribution in [0.25, 0.3) is 0 Å². The SMILES string of the molecule is CCOCCS(=O)(=O)NCCOc1ccccc1N. The lowest BCUT2D eigenvalue weighted by atomic mass is 10.3. The Morgan fingerprint density at radius 1 is 1.26 bits per heavy atom. The van der Waals surface area contributed by atoms with Gasteiger partial charge < -0.3 is 15.2 Å². The van der Waals surface area contributed by atoms with Crippen LogP contribution in [0.5, 0.6) is 5.75 Å². The minimum absolute atomic E-state index is 0.0473. The van der Waals surface area contributed by atoms with E-state index >= 15 is 0 Å². The molecular formula is C12H20N2O4S. The Balaban J connectivity index is 2.25. The highest BCUT2D eigenvalue weighted by Crippen LogP contribution is 2.19. The van der Waals surface area contributed by atoms with E-state index in [1.165, 1.54) is 0 Å². The van der Waals surface area contributed by atoms with Crippen molar-refractivity contribution in [3.63, 3.8) is 0 Å². The number of nitrogens with two attached hydrogens (primary N) is 1. The van der Waals surface area contributed by atoms with Gasteiger partial charge in [-0.25, -0.2) is 13.1 Å². The van der Waals surface area contributed by atoms with E-state index in [4.69, 9.17) is 15.2 Å². The Labute approximate surface area is 113 Å². The van der Waals surface area contributed by atoms with E-state index in [1.807, 2.05) is 6.92 Å². The molecule has 1 aromatic carbocycles. The van der Waals surface area contributed by atoms with Crippen LogP contribution in [0.2, 0.25) is 0 Å². The average molecular weight is 288 g/mol. The zero-order chi connectivity index (χ0) is 14.1. The molecule has 7 heteroatoms. The van der Waals surface area contributed by atoms with Crippen LogP contribution in [0.4, 0.5) is 5.69 Å². The molecule has 3 N–H and O–H groups in total. The maximum absolute atomic E-state index is 11.5. The number of rotatable bonds is 9. The summed E-state index contributed by atoms with van der Waals surface area (Å²) in [6.45, 7) is 2.94. The number of hydrogen-bond donors (Lipinski definition) is 2. The average Bonchev–Trinajstić information content (AvgIpc) is 2.37. The second-order valence-electron chi connectivity index (χ2n) is 3.80. The van der Waals surface area contributed by atoms with E-state index in [1.54, 1.807) is 24.3 Å². The smallest absolute Gasteiger partial charge is 0.213 e. The van der Waals surface area contributed by atoms with Crippen LogP contribution in [0, 0.1) is 0 Å². The second-order valence-corrected chi connectivity index (χ2v) is 5.72. The minimum Gasteiger partial charge on any atom is -0.490 e. The number of hydrogen-bond acceptors (Lipinski definition) is 5. The molecule has 0 spiro atoms. The summed E-state index contributed by atoms with van der Waals surface area (Å²) in [6.07, 6.45) is 0. The fourth-order valence-corrected chi connectivity index (χ4v) is 2.23. The van der Waals surface area contributed by atoms with Gasteiger partial charge in [-0.3, -0.25) is 0 Å². The molecule has 19 heavy (non-hydrogen) atoms. The molecule has 1 rings (SSSR count). The van der Waals surface area contributed by atoms with Gasteiger partial charge >= 0.3 is 0 Å². The number of anilines is 1. The van der Waals surface area contributed by atoms with Gasteiger partial charge in [0.25, 0.3) is 0 Å². The largest absolute Gasteiger partial charge is 0.490 e. The molecule has 0 fully saturated rings. The highest BCUT2D eigenvalue weighted by molar-refractivity contribution is 7.89. The summed E-state index contributed by atoms with van der Waals surface area (Å²) in [5, 5.41) is 0. The van der Waals surface area contributed by atoms with Gasteiger partial charge in [-0.05, 0) is 19.1 Å². The highest BCUT2D eigenvalue weighted by atomic mass is 32.2. The van der Waals surface area contributed by atoms with Crippen molar-refractivity contribution >= 4 is 15.7 Å². The Morgan fingerprint density at radius 3 is 2.68 bits per heavy atom. The molecule has 6 nitrogen and oxygen atoms in total. The summed E-state index contributed by atoms with van der Waals surface area (Å²) in [5.74, 6) is 0.505. The van der Waals surface area contributed by atoms with E-state index in [2.05, 4.69) is 4.72 Å². The molecule has 0 aliphatic carbocycles. The van der Waals surface area contributed by atoms with Crippen molar-refractivity contribution in [2.45, 2.75) is 6.92 Å². The van der Waals surface area contributed by atoms with Crippen molar-refractivity contribution in [2.24, 2.45) is 0 Å². The van der Waals surface area contributed by atoms with Gasteiger partial charge in [-0.15, -0.1) is 0 Å². The first-order chi connectivity index (χ1) is 9.05. The van der Waals surface area contributed by atoms with Gasteiger partial charge in [-0.2, -0.15) is 0 Å². The summed E-state index contributed by atoms with van der Waals surface area (Å²) in [5.41, 5.74) is 6.22. The summed E-state index contributed by atoms with van der Waals surface area (Å²) >= 11 is 0. The summed E-state index contributed by atoms with van der Waals surface area (Å²) in [7, 11) is -3.30. The number of benzene rings is 1. The third kappa shape index (κ3) is 6.42. The Hall–Kier alpha value is -1.31. The lowest BCUT2D eigenvalue weighted by Crippen LogP contribution is -2.31. The van der Waals surface area contributed by atoms with E-state index < -0.39 is 10.0 Å². The zero-order valence-corrected chi connectivity index (χ0v) is 11.8. The van der Waals surface area contributed by atoms with Crippen LogP contribution in [0.3, 0.4) is 0 Å². The molecule has 0 atom stereocenters. The number of ether oxygens (including phenoxy) is 2. The van der Waals surface area contributed by atoms with Crippen molar-refractivity contribution in [3.8, 4) is 5.75 Å². The topological polar surface area (TPSA) is 90.7 Å². The normalized spacial score (nSPS) is 11.4. The standard InChI is InChI=1S/C12H20N2O4S/c1-2-17-9-10-19(15,16)14-7-8-18-12-6-4-3-5-11(12)13/h3-6,14H,2,7-10,13H2,1H3. The number of sulfonamides is 1. The fraction of sp³-hybridized carbons (Fsp3) is 0.500. The predicted octanol–water partition coefficient (Wildman–Crippen LogP) is 0.604. The molecular weight excluding hydrogens is 268 g/mol. The molecule has 1 aromatic rings. The van der Waals surface area contributed by atoms with Crippen molar-refractivity contribution in [3.05, 3.63) is 24.3 Å². The summed E-state index contributed by atoms with van der Waals surface area (Å²) in [4.78, 5) is 0. The van der Waals surface area contributed by atoms with E-state index in [0.29, 0.717) is 18.0 Å². The van der Waals surface area contributed by atoms with Crippen LogP contribution in [-0.4, -0.2) is 40.5 Å². The van der Waals surface area contributed by atoms with Gasteiger partial charge in [0.15, 0.2) is 0 Å². The lowest BCUT2D eigenvalue weighted by Gasteiger charge is -2.09. The van der Waals surface area contributed by atoms with Gasteiger partial charge in [0.1, 0.15) is 12.4 Å². The molecule has 0 amide bonds. The Morgan fingerprint density at radius 2 is 2.00 bits per heavy atom. The van der Waals surface area contributed by atoms with Crippen molar-refractivity contribution in [1.82, 2.24) is 4.72 Å². The quantitative estimate of drug-likeness (QED) is 0.513. The molecule has 0 heterocycles. The van der Waals surface area contributed by atoms with Crippen LogP contribution in [0.15, 0.2) is 24.3 Å². The predicted molar refractivity (Wildman–Crippen MR) is 74.6 cm³/mol. The fourth-order valence-electron chi connectivity index (χ4n) is 1.36. The van der Waals surface area contributed by atoms with Crippen LogP contribution >= 0.6 is 0 Å². The molecule has 0 aromatic heterocycles. The zero-order valence-electron chi connectivity index (χ0n) is 11.0. The highest BCUT2D eigenvalue weighted by Gasteiger charge is 2.09. The molecule has 0 radical (unpaired) electrons. The number of para-hydroxylation sites is 2. The molecule has 0 unspecified atom stereocenters. The Kier molecular flexibility index (Phi) is 6.61. The van der Waals surface area contributed by atoms with E-state index in [-0.39, 0.29) is 25.5 Å². The van der Waals surface area contributed by atoms with Gasteiger partial charge in [0.05, 0.1) is 18.0 Å². The molecule has 0 aliphatic rings. The van der Waals surface area contributed by atoms with E-state index in [9.17, 15) is 8.42 Å². The summed E-state index contributed by atoms with van der Waals surface area (Å²) in [6, 6.07) is 7.07. The van der Waals surface area contributed by atoms with Crippen molar-refractivity contribution < 1.29 is 17.9 Å². The minimum atomic E-state index is -3.30. The van der Waals surface area contributed by atoms with Crippen LogP contribution < -0.4 is 15.2 Å². The lowest BCUT2D eigenvalue weighted by molar-refractivity contribution is 0.163. The third-order valence-electron chi connectivity index (χ3n) is 2.30.